The zero-order valence-electron chi connectivity index (χ0n) is 15.2. The summed E-state index contributed by atoms with van der Waals surface area (Å²) in [6, 6.07) is 30.6. The number of rotatable bonds is 3. The largest absolute Gasteiger partial charge is 0.244 e. The van der Waals surface area contributed by atoms with E-state index in [4.69, 9.17) is 0 Å². The Labute approximate surface area is 164 Å². The Kier molecular flexibility index (Phi) is 4.04. The standard InChI is InChI=1S/C24H19NO2S/c26-28(27,20-12-2-1-3-13-20)25-17-19-10-5-7-15-22(19)24(25)23-16-8-11-18-9-4-6-14-21(18)23/h1-16,24H,17H2. The molecule has 0 aromatic heterocycles. The van der Waals surface area contributed by atoms with Crippen molar-refractivity contribution in [2.75, 3.05) is 0 Å². The van der Waals surface area contributed by atoms with Gasteiger partial charge < -0.3 is 0 Å². The first-order chi connectivity index (χ1) is 13.7. The molecule has 1 aliphatic rings. The molecule has 0 fully saturated rings. The summed E-state index contributed by atoms with van der Waals surface area (Å²) in [5, 5.41) is 2.20. The molecule has 3 nitrogen and oxygen atoms in total. The lowest BCUT2D eigenvalue weighted by Crippen LogP contribution is -2.30. The second-order valence-corrected chi connectivity index (χ2v) is 8.92. The van der Waals surface area contributed by atoms with Crippen LogP contribution in [-0.4, -0.2) is 12.7 Å². The predicted octanol–water partition coefficient (Wildman–Crippen LogP) is 5.13. The van der Waals surface area contributed by atoms with Crippen LogP contribution in [0.1, 0.15) is 22.7 Å². The van der Waals surface area contributed by atoms with Gasteiger partial charge in [0, 0.05) is 6.54 Å². The zero-order valence-corrected chi connectivity index (χ0v) is 16.0. The van der Waals surface area contributed by atoms with Gasteiger partial charge >= 0.3 is 0 Å². The lowest BCUT2D eigenvalue weighted by Gasteiger charge is -2.26. The van der Waals surface area contributed by atoms with Crippen molar-refractivity contribution >= 4 is 20.8 Å². The minimum atomic E-state index is -3.64. The molecule has 4 aromatic rings. The van der Waals surface area contributed by atoms with Crippen LogP contribution in [0.25, 0.3) is 10.8 Å². The molecule has 0 amide bonds. The van der Waals surface area contributed by atoms with Crippen molar-refractivity contribution in [2.45, 2.75) is 17.5 Å². The van der Waals surface area contributed by atoms with Gasteiger partial charge in [-0.05, 0) is 39.6 Å². The number of hydrogen-bond acceptors (Lipinski definition) is 2. The van der Waals surface area contributed by atoms with Crippen LogP contribution in [0.15, 0.2) is 102 Å². The summed E-state index contributed by atoms with van der Waals surface area (Å²) in [6.07, 6.45) is 0. The number of nitrogens with zero attached hydrogens (tertiary/aromatic N) is 1. The van der Waals surface area contributed by atoms with E-state index in [-0.39, 0.29) is 6.04 Å². The third-order valence-corrected chi connectivity index (χ3v) is 7.26. The van der Waals surface area contributed by atoms with E-state index < -0.39 is 10.0 Å². The maximum atomic E-state index is 13.5. The fourth-order valence-corrected chi connectivity index (χ4v) is 5.71. The molecule has 4 aromatic carbocycles. The quantitative estimate of drug-likeness (QED) is 0.490. The highest BCUT2D eigenvalue weighted by Gasteiger charge is 2.40. The van der Waals surface area contributed by atoms with Crippen LogP contribution in [0.2, 0.25) is 0 Å². The van der Waals surface area contributed by atoms with Gasteiger partial charge in [0.05, 0.1) is 10.9 Å². The van der Waals surface area contributed by atoms with Crippen LogP contribution in [0.5, 0.6) is 0 Å². The molecule has 138 valence electrons. The minimum Gasteiger partial charge on any atom is -0.207 e. The molecule has 0 spiro atoms. The van der Waals surface area contributed by atoms with Crippen LogP contribution in [-0.2, 0) is 16.6 Å². The molecule has 1 aliphatic heterocycles. The summed E-state index contributed by atoms with van der Waals surface area (Å²) in [5.41, 5.74) is 3.13. The fraction of sp³-hybridized carbons (Fsp3) is 0.0833. The molecule has 0 radical (unpaired) electrons. The van der Waals surface area contributed by atoms with E-state index in [9.17, 15) is 8.42 Å². The molecular weight excluding hydrogens is 366 g/mol. The highest BCUT2D eigenvalue weighted by atomic mass is 32.2. The molecule has 28 heavy (non-hydrogen) atoms. The van der Waals surface area contributed by atoms with Crippen molar-refractivity contribution in [3.63, 3.8) is 0 Å². The second-order valence-electron chi connectivity index (χ2n) is 7.03. The van der Waals surface area contributed by atoms with Gasteiger partial charge in [-0.1, -0.05) is 84.9 Å². The van der Waals surface area contributed by atoms with Crippen molar-refractivity contribution in [1.82, 2.24) is 4.31 Å². The molecule has 1 heterocycles. The maximum Gasteiger partial charge on any atom is 0.244 e. The summed E-state index contributed by atoms with van der Waals surface area (Å²) in [7, 11) is -3.64. The average molecular weight is 385 g/mol. The van der Waals surface area contributed by atoms with E-state index in [2.05, 4.69) is 18.2 Å². The van der Waals surface area contributed by atoms with Crippen LogP contribution in [0.4, 0.5) is 0 Å². The predicted molar refractivity (Wildman–Crippen MR) is 111 cm³/mol. The van der Waals surface area contributed by atoms with Crippen molar-refractivity contribution in [3.8, 4) is 0 Å². The Morgan fingerprint density at radius 2 is 1.32 bits per heavy atom. The summed E-state index contributed by atoms with van der Waals surface area (Å²) in [6.45, 7) is 0.376. The average Bonchev–Trinajstić information content (AvgIpc) is 3.14. The van der Waals surface area contributed by atoms with Crippen molar-refractivity contribution in [2.24, 2.45) is 0 Å². The Bertz CT molecular complexity index is 1260. The Balaban J connectivity index is 1.75. The lowest BCUT2D eigenvalue weighted by molar-refractivity contribution is 0.389. The zero-order chi connectivity index (χ0) is 19.1. The Morgan fingerprint density at radius 1 is 0.679 bits per heavy atom. The van der Waals surface area contributed by atoms with E-state index in [0.29, 0.717) is 11.4 Å². The summed E-state index contributed by atoms with van der Waals surface area (Å²) < 4.78 is 28.7. The number of fused-ring (bicyclic) bond motifs is 2. The van der Waals surface area contributed by atoms with Gasteiger partial charge in [0.2, 0.25) is 10.0 Å². The van der Waals surface area contributed by atoms with E-state index in [0.717, 1.165) is 27.5 Å². The molecule has 0 aliphatic carbocycles. The molecule has 0 bridgehead atoms. The van der Waals surface area contributed by atoms with Gasteiger partial charge in [-0.2, -0.15) is 4.31 Å². The first-order valence-electron chi connectivity index (χ1n) is 9.28. The van der Waals surface area contributed by atoms with Gasteiger partial charge in [-0.25, -0.2) is 8.42 Å². The molecular formula is C24H19NO2S. The second kappa shape index (κ2) is 6.59. The monoisotopic (exact) mass is 385 g/mol. The molecule has 4 heteroatoms. The van der Waals surface area contributed by atoms with E-state index in [1.54, 1.807) is 28.6 Å². The summed E-state index contributed by atoms with van der Waals surface area (Å²) >= 11 is 0. The molecule has 0 saturated heterocycles. The first-order valence-corrected chi connectivity index (χ1v) is 10.7. The van der Waals surface area contributed by atoms with Gasteiger partial charge in [0.15, 0.2) is 0 Å². The highest BCUT2D eigenvalue weighted by Crippen LogP contribution is 2.43. The van der Waals surface area contributed by atoms with Gasteiger partial charge in [0.1, 0.15) is 0 Å². The summed E-state index contributed by atoms with van der Waals surface area (Å²) in [4.78, 5) is 0.327. The normalized spacial score (nSPS) is 16.9. The minimum absolute atomic E-state index is 0.327. The molecule has 0 saturated carbocycles. The van der Waals surface area contributed by atoms with E-state index >= 15 is 0 Å². The SMILES string of the molecule is O=S(=O)(c1ccccc1)N1Cc2ccccc2C1c1cccc2ccccc12. The van der Waals surface area contributed by atoms with Crippen LogP contribution >= 0.6 is 0 Å². The highest BCUT2D eigenvalue weighted by molar-refractivity contribution is 7.89. The van der Waals surface area contributed by atoms with Crippen molar-refractivity contribution < 1.29 is 8.42 Å². The molecule has 1 unspecified atom stereocenters. The Hall–Kier alpha value is -2.95. The first kappa shape index (κ1) is 17.2. The molecule has 5 rings (SSSR count). The van der Waals surface area contributed by atoms with Crippen LogP contribution in [0, 0.1) is 0 Å². The van der Waals surface area contributed by atoms with Crippen LogP contribution < -0.4 is 0 Å². The molecule has 1 atom stereocenters. The molecule has 0 N–H and O–H groups in total. The maximum absolute atomic E-state index is 13.5. The van der Waals surface area contributed by atoms with Crippen molar-refractivity contribution in [1.29, 1.82) is 0 Å². The third-order valence-electron chi connectivity index (χ3n) is 5.43. The summed E-state index contributed by atoms with van der Waals surface area (Å²) in [5.74, 6) is 0. The fourth-order valence-electron chi connectivity index (χ4n) is 4.12. The van der Waals surface area contributed by atoms with E-state index in [1.165, 1.54) is 0 Å². The van der Waals surface area contributed by atoms with E-state index in [1.807, 2.05) is 54.6 Å². The van der Waals surface area contributed by atoms with Gasteiger partial charge in [-0.15, -0.1) is 0 Å². The number of hydrogen-bond donors (Lipinski definition) is 0. The number of benzene rings is 4. The number of sulfonamides is 1. The van der Waals surface area contributed by atoms with Gasteiger partial charge in [0.25, 0.3) is 0 Å². The lowest BCUT2D eigenvalue weighted by atomic mass is 9.94. The smallest absolute Gasteiger partial charge is 0.207 e. The Morgan fingerprint density at radius 3 is 2.18 bits per heavy atom. The van der Waals surface area contributed by atoms with Crippen LogP contribution in [0.3, 0.4) is 0 Å². The topological polar surface area (TPSA) is 37.4 Å². The van der Waals surface area contributed by atoms with Gasteiger partial charge in [-0.3, -0.25) is 0 Å². The third kappa shape index (κ3) is 2.65. The van der Waals surface area contributed by atoms with Crippen molar-refractivity contribution in [3.05, 3.63) is 114 Å².